The van der Waals surface area contributed by atoms with Crippen LogP contribution >= 0.6 is 0 Å². The van der Waals surface area contributed by atoms with Crippen molar-refractivity contribution >= 4 is 85.6 Å². The first-order chi connectivity index (χ1) is 12.4. The molecule has 0 spiro atoms. The molecule has 0 aliphatic rings. The van der Waals surface area contributed by atoms with Crippen molar-refractivity contribution < 1.29 is 86.4 Å². The average molecular weight is 650 g/mol. The molecule has 0 amide bonds. The molecule has 0 bridgehead atoms. The minimum atomic E-state index is -6.60. The van der Waals surface area contributed by atoms with Gasteiger partial charge < -0.3 is 0 Å². The minimum absolute atomic E-state index is 0. The number of nitrogens with one attached hydrogen (secondary N) is 2. The Morgan fingerprint density at radius 2 is 0.452 bits per heavy atom. The van der Waals surface area contributed by atoms with Crippen molar-refractivity contribution in [1.29, 1.82) is 0 Å². The van der Waals surface area contributed by atoms with Crippen LogP contribution in [-0.2, 0) is 40.1 Å². The quantitative estimate of drug-likeness (QED) is 0.322. The largest absolute Gasteiger partial charge is 2.00 e. The normalized spacial score (nSPS) is 14.8. The first-order valence-corrected chi connectivity index (χ1v) is 11.2. The summed E-state index contributed by atoms with van der Waals surface area (Å²) in [6.07, 6.45) is 0. The van der Waals surface area contributed by atoms with Gasteiger partial charge in [0.25, 0.3) is 0 Å². The van der Waals surface area contributed by atoms with Crippen LogP contribution in [0.2, 0.25) is 0 Å². The van der Waals surface area contributed by atoms with Crippen molar-refractivity contribution in [3.63, 3.8) is 0 Å². The van der Waals surface area contributed by atoms with Crippen LogP contribution in [0.15, 0.2) is 0 Å². The van der Waals surface area contributed by atoms with E-state index in [1.165, 1.54) is 0 Å². The van der Waals surface area contributed by atoms with E-state index in [4.69, 9.17) is 0 Å². The predicted molar refractivity (Wildman–Crippen MR) is 71.9 cm³/mol. The van der Waals surface area contributed by atoms with Gasteiger partial charge in [-0.05, 0) is 0 Å². The van der Waals surface area contributed by atoms with Crippen molar-refractivity contribution in [3.05, 3.63) is 0 Å². The minimum Gasteiger partial charge on any atom is -0.202 e. The molecule has 0 aliphatic carbocycles. The van der Waals surface area contributed by atoms with E-state index in [2.05, 4.69) is 0 Å². The number of alkyl halides is 12. The Kier molecular flexibility index (Phi) is 12.0. The molecule has 184 valence electrons. The Hall–Kier alpha value is 0.361. The zero-order valence-electron chi connectivity index (χ0n) is 13.1. The molecule has 0 aromatic rings. The fourth-order valence-corrected chi connectivity index (χ4v) is 4.30. The van der Waals surface area contributed by atoms with Gasteiger partial charge in [-0.3, -0.25) is 0 Å². The van der Waals surface area contributed by atoms with Crippen molar-refractivity contribution in [1.82, 2.24) is 8.25 Å². The predicted octanol–water partition coefficient (Wildman–Crippen LogP) is 0.170. The third kappa shape index (κ3) is 10.4. The van der Waals surface area contributed by atoms with Gasteiger partial charge >= 0.3 is 108 Å². The molecule has 0 saturated heterocycles. The molecule has 0 unspecified atom stereocenters. The van der Waals surface area contributed by atoms with Gasteiger partial charge in [-0.15, -0.1) is 0 Å². The maximum Gasteiger partial charge on any atom is 2.00 e. The van der Waals surface area contributed by atoms with Crippen LogP contribution in [-0.4, -0.2) is 101 Å². The van der Waals surface area contributed by atoms with Crippen molar-refractivity contribution in [3.8, 4) is 0 Å². The standard InChI is InChI=1S/2C2HF6NO4S2.Sr/c2*3-1(4,5)14(10,11)9-15(12,13)2(6,7)8;/h2*9H;/q;;+2. The van der Waals surface area contributed by atoms with Crippen LogP contribution < -0.4 is 8.25 Å². The second kappa shape index (κ2) is 10.3. The second-order valence-corrected chi connectivity index (χ2v) is 11.2. The van der Waals surface area contributed by atoms with E-state index in [1.807, 2.05) is 0 Å². The Balaban J connectivity index is -0.000000490. The maximum atomic E-state index is 11.5. The summed E-state index contributed by atoms with van der Waals surface area (Å²) in [4.78, 5) is 0. The molecule has 0 heterocycles. The molecular weight excluding hydrogens is 648 g/mol. The van der Waals surface area contributed by atoms with E-state index in [0.29, 0.717) is 0 Å². The van der Waals surface area contributed by atoms with E-state index < -0.39 is 70.4 Å². The van der Waals surface area contributed by atoms with Crippen molar-refractivity contribution in [2.45, 2.75) is 22.0 Å². The Labute approximate surface area is 200 Å². The fourth-order valence-electron chi connectivity index (χ4n) is 0.478. The molecular formula is C4H2F12N2O8S4Sr+2. The monoisotopic (exact) mass is 650 g/mol. The number of hydrogen-bond acceptors (Lipinski definition) is 8. The van der Waals surface area contributed by atoms with Gasteiger partial charge in [-0.1, -0.05) is 8.25 Å². The van der Waals surface area contributed by atoms with E-state index in [9.17, 15) is 86.4 Å². The zero-order chi connectivity index (χ0) is 25.4. The molecule has 10 nitrogen and oxygen atoms in total. The van der Waals surface area contributed by atoms with Gasteiger partial charge in [0.05, 0.1) is 0 Å². The average Bonchev–Trinajstić information content (AvgIpc) is 2.30. The second-order valence-electron chi connectivity index (χ2n) is 3.96. The number of halogens is 12. The van der Waals surface area contributed by atoms with E-state index in [1.54, 1.807) is 0 Å². The molecule has 31 heavy (non-hydrogen) atoms. The van der Waals surface area contributed by atoms with Crippen molar-refractivity contribution in [2.24, 2.45) is 0 Å². The summed E-state index contributed by atoms with van der Waals surface area (Å²) < 4.78 is 217. The molecule has 0 saturated carbocycles. The number of sulfonamides is 4. The fraction of sp³-hybridized carbons (Fsp3) is 1.00. The summed E-state index contributed by atoms with van der Waals surface area (Å²) in [7, 11) is -26.4. The van der Waals surface area contributed by atoms with Gasteiger partial charge in [0.15, 0.2) is 0 Å². The van der Waals surface area contributed by atoms with E-state index in [-0.39, 0.29) is 45.5 Å². The summed E-state index contributed by atoms with van der Waals surface area (Å²) in [5.74, 6) is 0. The van der Waals surface area contributed by atoms with Crippen LogP contribution in [0.1, 0.15) is 0 Å². The summed E-state index contributed by atoms with van der Waals surface area (Å²) in [6, 6.07) is 0. The maximum absolute atomic E-state index is 11.5. The molecule has 0 atom stereocenters. The first-order valence-electron chi connectivity index (χ1n) is 5.23. The third-order valence-electron chi connectivity index (χ3n) is 1.66. The van der Waals surface area contributed by atoms with E-state index in [0.717, 1.165) is 0 Å². The summed E-state index contributed by atoms with van der Waals surface area (Å²) in [5, 5.41) is 0. The molecule has 0 aromatic heterocycles. The molecule has 0 rings (SSSR count). The molecule has 0 aliphatic heterocycles. The van der Waals surface area contributed by atoms with Gasteiger partial charge in [-0.25, -0.2) is 33.7 Å². The van der Waals surface area contributed by atoms with Crippen molar-refractivity contribution in [2.75, 3.05) is 0 Å². The SMILES string of the molecule is O=S(=O)(NS(=O)(=O)C(F)(F)F)C(F)(F)F.O=S(=O)(NS(=O)(=O)C(F)(F)F)C(F)(F)F.[Sr+2]. The van der Waals surface area contributed by atoms with E-state index >= 15 is 0 Å². The van der Waals surface area contributed by atoms with Gasteiger partial charge in [0, 0.05) is 0 Å². The summed E-state index contributed by atoms with van der Waals surface area (Å²) >= 11 is 0. The first kappa shape index (κ1) is 35.9. The van der Waals surface area contributed by atoms with Crippen LogP contribution in [0.3, 0.4) is 0 Å². The van der Waals surface area contributed by atoms with Gasteiger partial charge in [0.1, 0.15) is 0 Å². The molecule has 27 heteroatoms. The molecule has 0 aromatic carbocycles. The third-order valence-corrected chi connectivity index (χ3v) is 7.61. The summed E-state index contributed by atoms with van der Waals surface area (Å²) in [6.45, 7) is 0. The molecule has 0 radical (unpaired) electrons. The van der Waals surface area contributed by atoms with Crippen LogP contribution in [0.4, 0.5) is 52.7 Å². The Bertz CT molecular complexity index is 862. The smallest absolute Gasteiger partial charge is 0.202 e. The summed E-state index contributed by atoms with van der Waals surface area (Å²) in [5.41, 5.74) is -24.6. The van der Waals surface area contributed by atoms with Gasteiger partial charge in [-0.2, -0.15) is 52.7 Å². The van der Waals surface area contributed by atoms with Crippen LogP contribution in [0.25, 0.3) is 0 Å². The Morgan fingerprint density at radius 1 is 0.355 bits per heavy atom. The zero-order valence-corrected chi connectivity index (χ0v) is 19.9. The molecule has 2 N–H and O–H groups in total. The van der Waals surface area contributed by atoms with Gasteiger partial charge in [0.2, 0.25) is 0 Å². The topological polar surface area (TPSA) is 161 Å². The van der Waals surface area contributed by atoms with Crippen LogP contribution in [0.5, 0.6) is 0 Å². The number of hydrogen-bond donors (Lipinski definition) is 2. The Morgan fingerprint density at radius 3 is 0.516 bits per heavy atom. The molecule has 0 fully saturated rings. The van der Waals surface area contributed by atoms with Crippen LogP contribution in [0, 0.1) is 0 Å². The number of rotatable bonds is 4.